The van der Waals surface area contributed by atoms with Gasteiger partial charge in [-0.05, 0) is 36.4 Å². The van der Waals surface area contributed by atoms with Crippen LogP contribution in [-0.4, -0.2) is 6.54 Å². The average Bonchev–Trinajstić information content (AvgIpc) is 2.26. The van der Waals surface area contributed by atoms with Crippen molar-refractivity contribution in [3.8, 4) is 0 Å². The van der Waals surface area contributed by atoms with Gasteiger partial charge in [0.1, 0.15) is 0 Å². The zero-order valence-electron chi connectivity index (χ0n) is 10.1. The Morgan fingerprint density at radius 1 is 1.06 bits per heavy atom. The van der Waals surface area contributed by atoms with Crippen LogP contribution in [-0.2, 0) is 0 Å². The Bertz CT molecular complexity index is 282. The van der Waals surface area contributed by atoms with Gasteiger partial charge in [0.05, 0.1) is 0 Å². The lowest BCUT2D eigenvalue weighted by Crippen LogP contribution is -2.12. The van der Waals surface area contributed by atoms with Crippen LogP contribution in [0.5, 0.6) is 0 Å². The standard InChI is InChI=1S/C13H22N2.ClH/c1-10(2)11-5-7-12(8-6-11)13(15)4-3-9-14;/h5-8,10,13H,3-4,9,14-15H2,1-2H3;1H/t13-;/m1./s1. The van der Waals surface area contributed by atoms with Gasteiger partial charge in [0.2, 0.25) is 0 Å². The van der Waals surface area contributed by atoms with Gasteiger partial charge in [-0.25, -0.2) is 0 Å². The number of hydrogen-bond donors (Lipinski definition) is 2. The lowest BCUT2D eigenvalue weighted by Gasteiger charge is -2.13. The van der Waals surface area contributed by atoms with Crippen LogP contribution in [0.1, 0.15) is 49.8 Å². The number of halogens is 1. The number of rotatable bonds is 5. The van der Waals surface area contributed by atoms with Gasteiger partial charge in [0.25, 0.3) is 0 Å². The summed E-state index contributed by atoms with van der Waals surface area (Å²) in [6, 6.07) is 8.74. The maximum Gasteiger partial charge on any atom is 0.0295 e. The van der Waals surface area contributed by atoms with Gasteiger partial charge >= 0.3 is 0 Å². The van der Waals surface area contributed by atoms with Crippen molar-refractivity contribution in [1.82, 2.24) is 0 Å². The minimum atomic E-state index is 0. The second-order valence-corrected chi connectivity index (χ2v) is 4.36. The predicted octanol–water partition coefficient (Wildman–Crippen LogP) is 2.97. The molecule has 0 bridgehead atoms. The summed E-state index contributed by atoms with van der Waals surface area (Å²) in [7, 11) is 0. The van der Waals surface area contributed by atoms with Gasteiger partial charge in [-0.2, -0.15) is 0 Å². The fraction of sp³-hybridized carbons (Fsp3) is 0.538. The quantitative estimate of drug-likeness (QED) is 0.834. The summed E-state index contributed by atoms with van der Waals surface area (Å²) in [5, 5.41) is 0. The Morgan fingerprint density at radius 2 is 1.56 bits per heavy atom. The van der Waals surface area contributed by atoms with E-state index in [1.165, 1.54) is 11.1 Å². The first-order chi connectivity index (χ1) is 7.15. The maximum atomic E-state index is 6.05. The minimum absolute atomic E-state index is 0. The molecular weight excluding hydrogens is 220 g/mol. The van der Waals surface area contributed by atoms with Gasteiger partial charge in [-0.3, -0.25) is 0 Å². The summed E-state index contributed by atoms with van der Waals surface area (Å²) in [5.74, 6) is 0.583. The molecule has 0 unspecified atom stereocenters. The molecule has 3 heteroatoms. The Balaban J connectivity index is 0.00000225. The molecule has 0 aliphatic rings. The third-order valence-electron chi connectivity index (χ3n) is 2.75. The molecule has 16 heavy (non-hydrogen) atoms. The van der Waals surface area contributed by atoms with Gasteiger partial charge in [-0.15, -0.1) is 12.4 Å². The van der Waals surface area contributed by atoms with E-state index in [0.29, 0.717) is 5.92 Å². The third-order valence-corrected chi connectivity index (χ3v) is 2.75. The normalized spacial score (nSPS) is 12.3. The zero-order chi connectivity index (χ0) is 11.3. The van der Waals surface area contributed by atoms with E-state index in [4.69, 9.17) is 11.5 Å². The van der Waals surface area contributed by atoms with Crippen LogP contribution in [0, 0.1) is 0 Å². The Kier molecular flexibility index (Phi) is 7.39. The van der Waals surface area contributed by atoms with Crippen molar-refractivity contribution in [3.05, 3.63) is 35.4 Å². The van der Waals surface area contributed by atoms with Crippen LogP contribution < -0.4 is 11.5 Å². The minimum Gasteiger partial charge on any atom is -0.330 e. The predicted molar refractivity (Wildman–Crippen MR) is 73.0 cm³/mol. The summed E-state index contributed by atoms with van der Waals surface area (Å²) >= 11 is 0. The summed E-state index contributed by atoms with van der Waals surface area (Å²) in [5.41, 5.74) is 14.1. The molecule has 0 aliphatic heterocycles. The maximum absolute atomic E-state index is 6.05. The highest BCUT2D eigenvalue weighted by Crippen LogP contribution is 2.19. The molecule has 0 aromatic heterocycles. The molecule has 0 fully saturated rings. The summed E-state index contributed by atoms with van der Waals surface area (Å²) < 4.78 is 0. The topological polar surface area (TPSA) is 52.0 Å². The van der Waals surface area contributed by atoms with Crippen molar-refractivity contribution in [2.75, 3.05) is 6.54 Å². The van der Waals surface area contributed by atoms with Gasteiger partial charge < -0.3 is 11.5 Å². The van der Waals surface area contributed by atoms with E-state index in [1.807, 2.05) is 0 Å². The van der Waals surface area contributed by atoms with E-state index in [9.17, 15) is 0 Å². The largest absolute Gasteiger partial charge is 0.330 e. The molecule has 0 radical (unpaired) electrons. The molecule has 92 valence electrons. The molecule has 0 amide bonds. The van der Waals surface area contributed by atoms with Crippen LogP contribution in [0.2, 0.25) is 0 Å². The fourth-order valence-corrected chi connectivity index (χ4v) is 1.63. The van der Waals surface area contributed by atoms with Crippen molar-refractivity contribution < 1.29 is 0 Å². The van der Waals surface area contributed by atoms with Crippen LogP contribution in [0.4, 0.5) is 0 Å². The molecule has 1 aromatic rings. The van der Waals surface area contributed by atoms with E-state index in [-0.39, 0.29) is 18.4 Å². The van der Waals surface area contributed by atoms with Crippen LogP contribution in [0.3, 0.4) is 0 Å². The van der Waals surface area contributed by atoms with Crippen LogP contribution in [0.15, 0.2) is 24.3 Å². The highest BCUT2D eigenvalue weighted by molar-refractivity contribution is 5.85. The van der Waals surface area contributed by atoms with Crippen molar-refractivity contribution in [2.24, 2.45) is 11.5 Å². The molecule has 1 rings (SSSR count). The van der Waals surface area contributed by atoms with Crippen molar-refractivity contribution >= 4 is 12.4 Å². The molecule has 0 saturated carbocycles. The second-order valence-electron chi connectivity index (χ2n) is 4.36. The summed E-state index contributed by atoms with van der Waals surface area (Å²) in [6.07, 6.45) is 1.96. The van der Waals surface area contributed by atoms with Crippen molar-refractivity contribution in [2.45, 2.75) is 38.6 Å². The molecule has 0 saturated heterocycles. The molecule has 0 heterocycles. The Labute approximate surface area is 105 Å². The molecular formula is C13H23ClN2. The molecule has 1 atom stereocenters. The first-order valence-corrected chi connectivity index (χ1v) is 5.70. The van der Waals surface area contributed by atoms with Crippen LogP contribution >= 0.6 is 12.4 Å². The Hall–Kier alpha value is -0.570. The summed E-state index contributed by atoms with van der Waals surface area (Å²) in [4.78, 5) is 0. The monoisotopic (exact) mass is 242 g/mol. The lowest BCUT2D eigenvalue weighted by atomic mass is 9.97. The highest BCUT2D eigenvalue weighted by atomic mass is 35.5. The third kappa shape index (κ3) is 4.52. The smallest absolute Gasteiger partial charge is 0.0295 e. The van der Waals surface area contributed by atoms with Gasteiger partial charge in [0.15, 0.2) is 0 Å². The SMILES string of the molecule is CC(C)c1ccc([C@H](N)CCCN)cc1.Cl. The fourth-order valence-electron chi connectivity index (χ4n) is 1.63. The number of hydrogen-bond acceptors (Lipinski definition) is 2. The molecule has 1 aromatic carbocycles. The number of nitrogens with two attached hydrogens (primary N) is 2. The van der Waals surface area contributed by atoms with Gasteiger partial charge in [-0.1, -0.05) is 38.1 Å². The van der Waals surface area contributed by atoms with Gasteiger partial charge in [0, 0.05) is 6.04 Å². The van der Waals surface area contributed by atoms with E-state index >= 15 is 0 Å². The molecule has 2 nitrogen and oxygen atoms in total. The van der Waals surface area contributed by atoms with Crippen molar-refractivity contribution in [3.63, 3.8) is 0 Å². The molecule has 0 spiro atoms. The van der Waals surface area contributed by atoms with Crippen molar-refractivity contribution in [1.29, 1.82) is 0 Å². The molecule has 4 N–H and O–H groups in total. The zero-order valence-corrected chi connectivity index (χ0v) is 11.0. The van der Waals surface area contributed by atoms with E-state index in [2.05, 4.69) is 38.1 Å². The van der Waals surface area contributed by atoms with E-state index in [0.717, 1.165) is 19.4 Å². The highest BCUT2D eigenvalue weighted by Gasteiger charge is 2.05. The second kappa shape index (κ2) is 7.66. The molecule has 0 aliphatic carbocycles. The first-order valence-electron chi connectivity index (χ1n) is 5.70. The Morgan fingerprint density at radius 3 is 2.00 bits per heavy atom. The van der Waals surface area contributed by atoms with E-state index in [1.54, 1.807) is 0 Å². The van der Waals surface area contributed by atoms with Crippen LogP contribution in [0.25, 0.3) is 0 Å². The average molecular weight is 243 g/mol. The summed E-state index contributed by atoms with van der Waals surface area (Å²) in [6.45, 7) is 5.12. The lowest BCUT2D eigenvalue weighted by molar-refractivity contribution is 0.617. The van der Waals surface area contributed by atoms with E-state index < -0.39 is 0 Å². The first kappa shape index (κ1) is 15.4. The number of benzene rings is 1.